The first-order valence-electron chi connectivity index (χ1n) is 11.5. The normalized spacial score (nSPS) is 28.5. The fourth-order valence-corrected chi connectivity index (χ4v) is 5.66. The van der Waals surface area contributed by atoms with Gasteiger partial charge in [-0.3, -0.25) is 24.5 Å². The van der Waals surface area contributed by atoms with E-state index < -0.39 is 0 Å². The van der Waals surface area contributed by atoms with E-state index in [-0.39, 0.29) is 41.0 Å². The molecule has 0 aromatic carbocycles. The van der Waals surface area contributed by atoms with Crippen LogP contribution < -0.4 is 16.2 Å². The Morgan fingerprint density at radius 2 is 1.65 bits per heavy atom. The van der Waals surface area contributed by atoms with Gasteiger partial charge in [0, 0.05) is 48.8 Å². The SMILES string of the molecule is O=C1CC[C@@H](/C=C/C2CCc3c(ccn(C4CCC5(CC4)CNC5)c3=O)C2=O)C(=O)N1. The van der Waals surface area contributed by atoms with Crippen molar-refractivity contribution >= 4 is 17.6 Å². The number of carbonyl (C=O) groups excluding carboxylic acids is 3. The maximum atomic E-state index is 13.2. The first kappa shape index (κ1) is 20.4. The van der Waals surface area contributed by atoms with Gasteiger partial charge in [0.25, 0.3) is 5.56 Å². The molecule has 2 amide bonds. The van der Waals surface area contributed by atoms with E-state index >= 15 is 0 Å². The predicted molar refractivity (Wildman–Crippen MR) is 115 cm³/mol. The molecular weight excluding hydrogens is 394 g/mol. The highest BCUT2D eigenvalue weighted by Crippen LogP contribution is 2.43. The molecule has 4 aliphatic rings. The van der Waals surface area contributed by atoms with Crippen molar-refractivity contribution in [2.45, 2.75) is 57.4 Å². The Morgan fingerprint density at radius 1 is 0.935 bits per heavy atom. The molecule has 2 aliphatic heterocycles. The lowest BCUT2D eigenvalue weighted by Crippen LogP contribution is -2.55. The number of nitrogens with zero attached hydrogens (tertiary/aromatic N) is 1. The van der Waals surface area contributed by atoms with Gasteiger partial charge in [-0.25, -0.2) is 0 Å². The summed E-state index contributed by atoms with van der Waals surface area (Å²) in [7, 11) is 0. The summed E-state index contributed by atoms with van der Waals surface area (Å²) in [6.45, 7) is 2.20. The van der Waals surface area contributed by atoms with Crippen LogP contribution >= 0.6 is 0 Å². The number of carbonyl (C=O) groups is 3. The number of piperidine rings is 1. The second-order valence-electron chi connectivity index (χ2n) is 9.71. The highest BCUT2D eigenvalue weighted by Gasteiger charge is 2.41. The van der Waals surface area contributed by atoms with Crippen molar-refractivity contribution in [1.29, 1.82) is 0 Å². The third kappa shape index (κ3) is 3.69. The number of fused-ring (bicyclic) bond motifs is 1. The van der Waals surface area contributed by atoms with E-state index in [2.05, 4.69) is 10.6 Å². The molecule has 1 unspecified atom stereocenters. The molecule has 5 rings (SSSR count). The summed E-state index contributed by atoms with van der Waals surface area (Å²) in [5, 5.41) is 5.71. The van der Waals surface area contributed by atoms with Crippen molar-refractivity contribution < 1.29 is 14.4 Å². The fourth-order valence-electron chi connectivity index (χ4n) is 5.66. The molecule has 31 heavy (non-hydrogen) atoms. The number of hydrogen-bond acceptors (Lipinski definition) is 5. The van der Waals surface area contributed by atoms with Gasteiger partial charge in [0.2, 0.25) is 11.8 Å². The van der Waals surface area contributed by atoms with E-state index in [9.17, 15) is 19.2 Å². The first-order valence-corrected chi connectivity index (χ1v) is 11.5. The van der Waals surface area contributed by atoms with E-state index in [1.807, 2.05) is 16.8 Å². The molecule has 1 aromatic rings. The van der Waals surface area contributed by atoms with Gasteiger partial charge < -0.3 is 9.88 Å². The number of rotatable bonds is 3. The summed E-state index contributed by atoms with van der Waals surface area (Å²) in [5.41, 5.74) is 1.61. The number of nitrogens with one attached hydrogen (secondary N) is 2. The summed E-state index contributed by atoms with van der Waals surface area (Å²) < 4.78 is 1.87. The number of Topliss-reactive ketones (excluding diaryl/α,β-unsaturated/α-hetero) is 1. The molecule has 3 heterocycles. The molecule has 1 aromatic heterocycles. The Labute approximate surface area is 181 Å². The van der Waals surface area contributed by atoms with Crippen LogP contribution in [0.25, 0.3) is 0 Å². The van der Waals surface area contributed by atoms with Crippen molar-refractivity contribution in [2.24, 2.45) is 17.3 Å². The van der Waals surface area contributed by atoms with Crippen molar-refractivity contribution in [1.82, 2.24) is 15.2 Å². The molecule has 1 saturated carbocycles. The standard InChI is InChI=1S/C24H29N3O4/c28-20-6-4-16(22(30)26-20)2-1-15-3-5-19-18(21(15)29)9-12-27(23(19)31)17-7-10-24(11-8-17)13-25-14-24/h1-2,9,12,15-17,25H,3-8,10-11,13-14H2,(H,26,28,30)/b2-1+/t15?,16-/m1/s1. The zero-order valence-corrected chi connectivity index (χ0v) is 17.7. The molecule has 2 aliphatic carbocycles. The molecule has 2 atom stereocenters. The zero-order chi connectivity index (χ0) is 21.6. The molecule has 2 N–H and O–H groups in total. The third-order valence-electron chi connectivity index (χ3n) is 7.79. The van der Waals surface area contributed by atoms with E-state index in [0.29, 0.717) is 42.2 Å². The lowest BCUT2D eigenvalue weighted by atomic mass is 9.68. The number of hydrogen-bond donors (Lipinski definition) is 2. The zero-order valence-electron chi connectivity index (χ0n) is 17.7. The van der Waals surface area contributed by atoms with E-state index in [1.165, 1.54) is 0 Å². The van der Waals surface area contributed by atoms with Gasteiger partial charge in [-0.2, -0.15) is 0 Å². The van der Waals surface area contributed by atoms with E-state index in [0.717, 1.165) is 38.8 Å². The largest absolute Gasteiger partial charge is 0.316 e. The number of amides is 2. The Bertz CT molecular complexity index is 1010. The van der Waals surface area contributed by atoms with Crippen LogP contribution in [-0.2, 0) is 16.0 Å². The lowest BCUT2D eigenvalue weighted by molar-refractivity contribution is -0.135. The Balaban J connectivity index is 1.30. The number of ketones is 1. The molecule has 164 valence electrons. The van der Waals surface area contributed by atoms with E-state index in [1.54, 1.807) is 12.2 Å². The van der Waals surface area contributed by atoms with Gasteiger partial charge in [-0.1, -0.05) is 12.2 Å². The number of pyridine rings is 1. The van der Waals surface area contributed by atoms with Crippen LogP contribution in [0.3, 0.4) is 0 Å². The Kier molecular flexibility index (Phi) is 5.16. The second-order valence-corrected chi connectivity index (χ2v) is 9.71. The number of aromatic nitrogens is 1. The number of imide groups is 1. The predicted octanol–water partition coefficient (Wildman–Crippen LogP) is 1.91. The average molecular weight is 424 g/mol. The van der Waals surface area contributed by atoms with Crippen molar-refractivity contribution in [3.05, 3.63) is 45.9 Å². The summed E-state index contributed by atoms with van der Waals surface area (Å²) in [6.07, 6.45) is 11.7. The minimum absolute atomic E-state index is 0.00821. The topological polar surface area (TPSA) is 97.3 Å². The summed E-state index contributed by atoms with van der Waals surface area (Å²) in [5.74, 6) is -1.29. The maximum Gasteiger partial charge on any atom is 0.254 e. The minimum Gasteiger partial charge on any atom is -0.316 e. The summed E-state index contributed by atoms with van der Waals surface area (Å²) in [6, 6.07) is 2.05. The Hall–Kier alpha value is -2.54. The minimum atomic E-state index is -0.375. The first-order chi connectivity index (χ1) is 15.0. The molecular formula is C24H29N3O4. The monoisotopic (exact) mass is 423 g/mol. The van der Waals surface area contributed by atoms with Gasteiger partial charge in [-0.05, 0) is 56.4 Å². The molecule has 7 heteroatoms. The van der Waals surface area contributed by atoms with Crippen LogP contribution in [0.5, 0.6) is 0 Å². The lowest BCUT2D eigenvalue weighted by Gasteiger charge is -2.47. The highest BCUT2D eigenvalue weighted by molar-refractivity contribution is 6.01. The fraction of sp³-hybridized carbons (Fsp3) is 0.583. The van der Waals surface area contributed by atoms with E-state index in [4.69, 9.17) is 0 Å². The molecule has 1 spiro atoms. The van der Waals surface area contributed by atoms with Gasteiger partial charge in [0.05, 0.1) is 5.92 Å². The molecule has 0 radical (unpaired) electrons. The van der Waals surface area contributed by atoms with Gasteiger partial charge >= 0.3 is 0 Å². The quantitative estimate of drug-likeness (QED) is 0.572. The molecule has 3 fully saturated rings. The van der Waals surface area contributed by atoms with Gasteiger partial charge in [0.15, 0.2) is 5.78 Å². The number of allylic oxidation sites excluding steroid dienone is 1. The van der Waals surface area contributed by atoms with Crippen LogP contribution in [0.4, 0.5) is 0 Å². The summed E-state index contributed by atoms with van der Waals surface area (Å²) >= 11 is 0. The van der Waals surface area contributed by atoms with Crippen LogP contribution in [0.2, 0.25) is 0 Å². The van der Waals surface area contributed by atoms with Crippen LogP contribution in [0.1, 0.15) is 66.9 Å². The van der Waals surface area contributed by atoms with Gasteiger partial charge in [0.1, 0.15) is 0 Å². The van der Waals surface area contributed by atoms with Crippen LogP contribution in [0, 0.1) is 17.3 Å². The smallest absolute Gasteiger partial charge is 0.254 e. The maximum absolute atomic E-state index is 13.2. The molecule has 7 nitrogen and oxygen atoms in total. The van der Waals surface area contributed by atoms with Crippen molar-refractivity contribution in [2.75, 3.05) is 13.1 Å². The molecule has 2 saturated heterocycles. The van der Waals surface area contributed by atoms with Crippen molar-refractivity contribution in [3.63, 3.8) is 0 Å². The molecule has 0 bridgehead atoms. The third-order valence-corrected chi connectivity index (χ3v) is 7.79. The highest BCUT2D eigenvalue weighted by atomic mass is 16.2. The van der Waals surface area contributed by atoms with Crippen LogP contribution in [0.15, 0.2) is 29.2 Å². The second kappa shape index (κ2) is 7.86. The van der Waals surface area contributed by atoms with Crippen LogP contribution in [-0.4, -0.2) is 35.3 Å². The van der Waals surface area contributed by atoms with Crippen molar-refractivity contribution in [3.8, 4) is 0 Å². The Morgan fingerprint density at radius 3 is 2.32 bits per heavy atom. The van der Waals surface area contributed by atoms with Gasteiger partial charge in [-0.15, -0.1) is 0 Å². The summed E-state index contributed by atoms with van der Waals surface area (Å²) in [4.78, 5) is 49.4. The average Bonchev–Trinajstić information content (AvgIpc) is 2.74.